The highest BCUT2D eigenvalue weighted by atomic mass is 16.5. The smallest absolute Gasteiger partial charge is 0.227 e. The number of aromatic nitrogens is 3. The van der Waals surface area contributed by atoms with E-state index in [1.54, 1.807) is 0 Å². The number of fused-ring (bicyclic) bond motifs is 2. The van der Waals surface area contributed by atoms with Crippen molar-refractivity contribution in [3.8, 4) is 0 Å². The van der Waals surface area contributed by atoms with E-state index in [0.717, 1.165) is 58.0 Å². The molecule has 2 aliphatic heterocycles. The standard InChI is InChI=1S/C36H49N7O4/c1-23-8-7-13-42-31(23)25(3)39-34(42)36(6,41-33(45)28-19-38-12-15-47-22-28)17-26-16-24(2)29-9-10-30(43(29)20-26)35(4,5)40-32(44)27-18-37-11-14-46-21-27/h7-10,13,16,20,27-28,37-38H,11-12,14-15,17-19,21-22H2,1-6H3,(H,40,44)(H,41,45). The molecule has 0 spiro atoms. The molecule has 11 nitrogen and oxygen atoms in total. The third kappa shape index (κ3) is 6.80. The lowest BCUT2D eigenvalue weighted by Gasteiger charge is -2.32. The van der Waals surface area contributed by atoms with E-state index in [9.17, 15) is 9.59 Å². The second-order valence-electron chi connectivity index (χ2n) is 14.0. The fourth-order valence-electron chi connectivity index (χ4n) is 7.16. The molecule has 2 amide bonds. The fourth-order valence-corrected chi connectivity index (χ4v) is 7.16. The van der Waals surface area contributed by atoms with Crippen molar-refractivity contribution in [2.45, 2.75) is 59.0 Å². The number of carbonyl (C=O) groups excluding carboxylic acids is 2. The average molecular weight is 644 g/mol. The van der Waals surface area contributed by atoms with Gasteiger partial charge in [0.15, 0.2) is 0 Å². The van der Waals surface area contributed by atoms with Gasteiger partial charge < -0.3 is 39.5 Å². The fraction of sp³-hybridized carbons (Fsp3) is 0.528. The van der Waals surface area contributed by atoms with Crippen LogP contribution in [0, 0.1) is 32.6 Å². The lowest BCUT2D eigenvalue weighted by molar-refractivity contribution is -0.129. The number of carbonyl (C=O) groups is 2. The molecular weight excluding hydrogens is 594 g/mol. The van der Waals surface area contributed by atoms with Gasteiger partial charge in [-0.3, -0.25) is 9.59 Å². The summed E-state index contributed by atoms with van der Waals surface area (Å²) in [6.45, 7) is 16.9. The van der Waals surface area contributed by atoms with Gasteiger partial charge in [-0.25, -0.2) is 4.98 Å². The van der Waals surface area contributed by atoms with Crippen LogP contribution in [0.25, 0.3) is 11.0 Å². The summed E-state index contributed by atoms with van der Waals surface area (Å²) < 4.78 is 15.7. The minimum atomic E-state index is -0.849. The molecule has 6 heterocycles. The number of imidazole rings is 1. The van der Waals surface area contributed by atoms with Crippen molar-refractivity contribution in [2.75, 3.05) is 52.6 Å². The molecule has 4 aromatic heterocycles. The monoisotopic (exact) mass is 643 g/mol. The molecule has 0 bridgehead atoms. The van der Waals surface area contributed by atoms with E-state index >= 15 is 0 Å². The average Bonchev–Trinajstić information content (AvgIpc) is 3.34. The topological polar surface area (TPSA) is 122 Å². The van der Waals surface area contributed by atoms with Crippen LogP contribution in [-0.2, 0) is 36.6 Å². The SMILES string of the molecule is Cc1cc(CC(C)(NC(=O)C2CNCCOC2)c2nc(C)c3c(C)cccn23)cn2c(C(C)(C)NC(=O)C3CNCCOC3)ccc12. The molecule has 11 heteroatoms. The van der Waals surface area contributed by atoms with Crippen LogP contribution < -0.4 is 21.3 Å². The van der Waals surface area contributed by atoms with Crippen molar-refractivity contribution in [1.29, 1.82) is 0 Å². The Morgan fingerprint density at radius 2 is 1.57 bits per heavy atom. The Kier molecular flexibility index (Phi) is 9.44. The number of nitrogens with one attached hydrogen (secondary N) is 4. The molecule has 252 valence electrons. The van der Waals surface area contributed by atoms with Crippen LogP contribution in [0.15, 0.2) is 42.7 Å². The van der Waals surface area contributed by atoms with E-state index in [1.807, 2.05) is 33.0 Å². The van der Waals surface area contributed by atoms with Crippen LogP contribution in [0.5, 0.6) is 0 Å². The van der Waals surface area contributed by atoms with E-state index in [4.69, 9.17) is 14.5 Å². The van der Waals surface area contributed by atoms with Crippen LogP contribution in [-0.4, -0.2) is 78.2 Å². The van der Waals surface area contributed by atoms with Gasteiger partial charge in [0.2, 0.25) is 11.8 Å². The molecule has 47 heavy (non-hydrogen) atoms. The third-order valence-corrected chi connectivity index (χ3v) is 9.59. The Hall–Kier alpha value is -3.77. The number of nitrogens with zero attached hydrogens (tertiary/aromatic N) is 3. The summed E-state index contributed by atoms with van der Waals surface area (Å²) in [5, 5.41) is 13.3. The van der Waals surface area contributed by atoms with Gasteiger partial charge in [0.1, 0.15) is 5.82 Å². The number of pyridine rings is 2. The van der Waals surface area contributed by atoms with E-state index in [0.29, 0.717) is 45.9 Å². The van der Waals surface area contributed by atoms with Crippen molar-refractivity contribution in [3.63, 3.8) is 0 Å². The summed E-state index contributed by atoms with van der Waals surface area (Å²) >= 11 is 0. The Labute approximate surface area is 276 Å². The minimum absolute atomic E-state index is 0.0312. The summed E-state index contributed by atoms with van der Waals surface area (Å²) in [6, 6.07) is 10.5. The normalized spacial score (nSPS) is 20.8. The maximum absolute atomic E-state index is 13.9. The predicted molar refractivity (Wildman–Crippen MR) is 182 cm³/mol. The van der Waals surface area contributed by atoms with Gasteiger partial charge in [-0.1, -0.05) is 12.1 Å². The number of aryl methyl sites for hydroxylation is 3. The first kappa shape index (κ1) is 33.1. The molecule has 0 saturated carbocycles. The number of amides is 2. The predicted octanol–water partition coefficient (Wildman–Crippen LogP) is 2.91. The Morgan fingerprint density at radius 1 is 0.915 bits per heavy atom. The molecule has 4 aromatic rings. The molecule has 3 unspecified atom stereocenters. The molecule has 0 aromatic carbocycles. The summed E-state index contributed by atoms with van der Waals surface area (Å²) in [6.07, 6.45) is 4.66. The largest absolute Gasteiger partial charge is 0.379 e. The Morgan fingerprint density at radius 3 is 2.26 bits per heavy atom. The van der Waals surface area contributed by atoms with Crippen molar-refractivity contribution in [2.24, 2.45) is 11.8 Å². The highest BCUT2D eigenvalue weighted by molar-refractivity contribution is 5.81. The quantitative estimate of drug-likeness (QED) is 0.233. The zero-order valence-electron chi connectivity index (χ0n) is 28.5. The highest BCUT2D eigenvalue weighted by Gasteiger charge is 2.37. The molecule has 0 aliphatic carbocycles. The van der Waals surface area contributed by atoms with Crippen molar-refractivity contribution in [1.82, 2.24) is 35.1 Å². The van der Waals surface area contributed by atoms with Crippen molar-refractivity contribution in [3.05, 3.63) is 76.6 Å². The molecule has 2 aliphatic rings. The summed E-state index contributed by atoms with van der Waals surface area (Å²) in [7, 11) is 0. The van der Waals surface area contributed by atoms with Gasteiger partial charge >= 0.3 is 0 Å². The summed E-state index contributed by atoms with van der Waals surface area (Å²) in [4.78, 5) is 32.3. The molecule has 4 N–H and O–H groups in total. The highest BCUT2D eigenvalue weighted by Crippen LogP contribution is 2.32. The van der Waals surface area contributed by atoms with Gasteiger partial charge in [0, 0.05) is 56.2 Å². The first-order valence-corrected chi connectivity index (χ1v) is 16.7. The van der Waals surface area contributed by atoms with Crippen LogP contribution in [0.3, 0.4) is 0 Å². The molecule has 3 atom stereocenters. The van der Waals surface area contributed by atoms with E-state index < -0.39 is 11.1 Å². The van der Waals surface area contributed by atoms with E-state index in [1.165, 1.54) is 0 Å². The number of ether oxygens (including phenoxy) is 2. The van der Waals surface area contributed by atoms with Crippen LogP contribution in [0.4, 0.5) is 0 Å². The van der Waals surface area contributed by atoms with Gasteiger partial charge in [-0.15, -0.1) is 0 Å². The molecule has 0 radical (unpaired) electrons. The first-order valence-electron chi connectivity index (χ1n) is 16.7. The number of hydrogen-bond acceptors (Lipinski definition) is 7. The maximum atomic E-state index is 13.9. The van der Waals surface area contributed by atoms with Crippen LogP contribution in [0.2, 0.25) is 0 Å². The van der Waals surface area contributed by atoms with Gasteiger partial charge in [0.05, 0.1) is 60.6 Å². The molecule has 6 rings (SSSR count). The summed E-state index contributed by atoms with van der Waals surface area (Å²) in [5.41, 5.74) is 5.77. The third-order valence-electron chi connectivity index (χ3n) is 9.59. The second kappa shape index (κ2) is 13.4. The van der Waals surface area contributed by atoms with Gasteiger partial charge in [0.25, 0.3) is 0 Å². The minimum Gasteiger partial charge on any atom is -0.379 e. The van der Waals surface area contributed by atoms with E-state index in [-0.39, 0.29) is 23.7 Å². The summed E-state index contributed by atoms with van der Waals surface area (Å²) in [5.74, 6) is 0.113. The zero-order valence-corrected chi connectivity index (χ0v) is 28.5. The second-order valence-corrected chi connectivity index (χ2v) is 14.0. The van der Waals surface area contributed by atoms with Crippen molar-refractivity contribution < 1.29 is 19.1 Å². The van der Waals surface area contributed by atoms with E-state index in [2.05, 4.69) is 81.3 Å². The first-order chi connectivity index (χ1) is 22.5. The Balaban J connectivity index is 1.37. The number of rotatable bonds is 8. The lowest BCUT2D eigenvalue weighted by atomic mass is 9.90. The van der Waals surface area contributed by atoms with Crippen LogP contribution in [0.1, 0.15) is 54.7 Å². The zero-order chi connectivity index (χ0) is 33.3. The maximum Gasteiger partial charge on any atom is 0.227 e. The number of hydrogen-bond donors (Lipinski definition) is 4. The van der Waals surface area contributed by atoms with Gasteiger partial charge in [-0.05, 0) is 76.4 Å². The molecule has 2 fully saturated rings. The van der Waals surface area contributed by atoms with Crippen LogP contribution >= 0.6 is 0 Å². The Bertz CT molecular complexity index is 1760. The molecular formula is C36H49N7O4. The lowest BCUT2D eigenvalue weighted by Crippen LogP contribution is -2.50. The molecule has 2 saturated heterocycles. The van der Waals surface area contributed by atoms with Crippen molar-refractivity contribution >= 4 is 22.8 Å². The van der Waals surface area contributed by atoms with Gasteiger partial charge in [-0.2, -0.15) is 0 Å².